The zero-order valence-corrected chi connectivity index (χ0v) is 21.3. The molecule has 0 fully saturated rings. The number of fused-ring (bicyclic) bond motifs is 4. The Balaban J connectivity index is 1.62. The van der Waals surface area contributed by atoms with Crippen LogP contribution in [0.4, 0.5) is 0 Å². The van der Waals surface area contributed by atoms with E-state index in [0.717, 1.165) is 11.1 Å². The molecule has 0 radical (unpaired) electrons. The summed E-state index contributed by atoms with van der Waals surface area (Å²) in [5.74, 6) is 2.37. The molecule has 8 nitrogen and oxygen atoms in total. The molecule has 0 saturated heterocycles. The van der Waals surface area contributed by atoms with E-state index >= 15 is 0 Å². The second-order valence-corrected chi connectivity index (χ2v) is 9.59. The number of benzene rings is 2. The molecule has 3 aliphatic heterocycles. The highest BCUT2D eigenvalue weighted by Crippen LogP contribution is 2.49. The Morgan fingerprint density at radius 2 is 2.00 bits per heavy atom. The van der Waals surface area contributed by atoms with Crippen LogP contribution in [0.5, 0.6) is 28.7 Å². The molecule has 190 valence electrons. The third-order valence-corrected chi connectivity index (χ3v) is 7.24. The number of aromatic hydroxyl groups is 1. The van der Waals surface area contributed by atoms with Crippen molar-refractivity contribution in [1.82, 2.24) is 5.01 Å². The summed E-state index contributed by atoms with van der Waals surface area (Å²) >= 11 is 5.84. The molecule has 0 bridgehead atoms. The van der Waals surface area contributed by atoms with Crippen molar-refractivity contribution < 1.29 is 28.8 Å². The van der Waals surface area contributed by atoms with E-state index in [1.54, 1.807) is 26.4 Å². The largest absolute Gasteiger partial charge is 0.507 e. The molecule has 0 saturated carbocycles. The maximum absolute atomic E-state index is 13.1. The minimum atomic E-state index is -0.375. The van der Waals surface area contributed by atoms with E-state index in [-0.39, 0.29) is 42.7 Å². The molecule has 2 aromatic carbocycles. The van der Waals surface area contributed by atoms with E-state index in [0.29, 0.717) is 58.6 Å². The molecule has 2 aromatic rings. The summed E-state index contributed by atoms with van der Waals surface area (Å²) < 4.78 is 23.0. The molecule has 3 atom stereocenters. The van der Waals surface area contributed by atoms with Gasteiger partial charge in [-0.1, -0.05) is 6.58 Å². The van der Waals surface area contributed by atoms with E-state index < -0.39 is 0 Å². The molecule has 2 unspecified atom stereocenters. The number of nitrogens with zero attached hydrogens (tertiary/aromatic N) is 2. The standard InChI is InChI=1S/C27H29ClN2O6/c1-14(2)20-11-17-19(36-20)8-7-15(27(17)32)26-25-16-10-22(33-3)23(34-4)12-21(16)35-13-18(25)30(29-26)24(31)6-5-9-28/h7-8,10,12,18,20,25,32H,1,5-6,9,11,13H2,2-4H3/t18?,20-,25?/m1/s1. The molecule has 3 heterocycles. The molecule has 36 heavy (non-hydrogen) atoms. The molecule has 1 N–H and O–H groups in total. The van der Waals surface area contributed by atoms with E-state index in [4.69, 9.17) is 35.6 Å². The van der Waals surface area contributed by atoms with Crippen LogP contribution in [0, 0.1) is 0 Å². The van der Waals surface area contributed by atoms with Crippen LogP contribution in [0.25, 0.3) is 0 Å². The molecule has 5 rings (SSSR count). The van der Waals surface area contributed by atoms with Gasteiger partial charge in [-0.3, -0.25) is 4.79 Å². The second kappa shape index (κ2) is 9.58. The quantitative estimate of drug-likeness (QED) is 0.437. The maximum atomic E-state index is 13.1. The monoisotopic (exact) mass is 512 g/mol. The molecule has 0 spiro atoms. The highest BCUT2D eigenvalue weighted by molar-refractivity contribution is 6.18. The summed E-state index contributed by atoms with van der Waals surface area (Å²) in [5, 5.41) is 17.6. The summed E-state index contributed by atoms with van der Waals surface area (Å²) in [5.41, 5.74) is 3.57. The fourth-order valence-electron chi connectivity index (χ4n) is 5.10. The van der Waals surface area contributed by atoms with Crippen LogP contribution in [0.2, 0.25) is 0 Å². The smallest absolute Gasteiger partial charge is 0.243 e. The number of phenolic OH excluding ortho intramolecular Hbond substituents is 1. The van der Waals surface area contributed by atoms with Crippen molar-refractivity contribution in [2.75, 3.05) is 26.7 Å². The number of ether oxygens (including phenoxy) is 4. The predicted octanol–water partition coefficient (Wildman–Crippen LogP) is 4.40. The fraction of sp³-hybridized carbons (Fsp3) is 0.407. The van der Waals surface area contributed by atoms with Gasteiger partial charge in [0.2, 0.25) is 5.91 Å². The SMILES string of the molecule is C=C(C)[C@H]1Cc2c(ccc(C3=NN(C(=O)CCCCl)C4COc5cc(OC)c(OC)cc5C34)c2O)O1. The maximum Gasteiger partial charge on any atom is 0.243 e. The minimum absolute atomic E-state index is 0.109. The number of hydrogen-bond donors (Lipinski definition) is 1. The topological polar surface area (TPSA) is 89.8 Å². The second-order valence-electron chi connectivity index (χ2n) is 9.21. The molecular formula is C27H29ClN2O6. The van der Waals surface area contributed by atoms with E-state index in [1.165, 1.54) is 5.01 Å². The lowest BCUT2D eigenvalue weighted by atomic mass is 9.82. The lowest BCUT2D eigenvalue weighted by Gasteiger charge is -2.33. The van der Waals surface area contributed by atoms with Gasteiger partial charge in [0.1, 0.15) is 36.0 Å². The van der Waals surface area contributed by atoms with Crippen molar-refractivity contribution in [3.8, 4) is 28.7 Å². The lowest BCUT2D eigenvalue weighted by molar-refractivity contribution is -0.133. The summed E-state index contributed by atoms with van der Waals surface area (Å²) in [6.07, 6.45) is 1.15. The average Bonchev–Trinajstić information content (AvgIpc) is 3.49. The van der Waals surface area contributed by atoms with Gasteiger partial charge in [0, 0.05) is 41.5 Å². The van der Waals surface area contributed by atoms with Gasteiger partial charge in [-0.25, -0.2) is 5.01 Å². The van der Waals surface area contributed by atoms with Crippen molar-refractivity contribution >= 4 is 23.2 Å². The number of phenols is 1. The third kappa shape index (κ3) is 3.93. The Bertz CT molecular complexity index is 1260. The number of amides is 1. The van der Waals surface area contributed by atoms with Crippen LogP contribution in [0.15, 0.2) is 41.5 Å². The van der Waals surface area contributed by atoms with Gasteiger partial charge in [0.05, 0.1) is 25.8 Å². The van der Waals surface area contributed by atoms with E-state index in [1.807, 2.05) is 19.1 Å². The number of hydrogen-bond acceptors (Lipinski definition) is 7. The van der Waals surface area contributed by atoms with E-state index in [9.17, 15) is 9.90 Å². The number of carbonyl (C=O) groups excluding carboxylic acids is 1. The lowest BCUT2D eigenvalue weighted by Crippen LogP contribution is -2.43. The highest BCUT2D eigenvalue weighted by Gasteiger charge is 2.47. The third-order valence-electron chi connectivity index (χ3n) is 6.97. The zero-order valence-electron chi connectivity index (χ0n) is 20.5. The first-order valence-corrected chi connectivity index (χ1v) is 12.4. The van der Waals surface area contributed by atoms with Crippen LogP contribution in [0.3, 0.4) is 0 Å². The predicted molar refractivity (Wildman–Crippen MR) is 136 cm³/mol. The highest BCUT2D eigenvalue weighted by atomic mass is 35.5. The van der Waals surface area contributed by atoms with Crippen LogP contribution in [-0.2, 0) is 11.2 Å². The van der Waals surface area contributed by atoms with Crippen molar-refractivity contribution in [3.05, 3.63) is 53.1 Å². The number of alkyl halides is 1. The number of hydrazone groups is 1. The average molecular weight is 513 g/mol. The van der Waals surface area contributed by atoms with E-state index in [2.05, 4.69) is 6.58 Å². The van der Waals surface area contributed by atoms with Crippen LogP contribution >= 0.6 is 11.6 Å². The summed E-state index contributed by atoms with van der Waals surface area (Å²) in [7, 11) is 3.14. The molecule has 1 amide bonds. The number of carbonyl (C=O) groups is 1. The van der Waals surface area contributed by atoms with Crippen LogP contribution < -0.4 is 18.9 Å². The molecule has 9 heteroatoms. The molecule has 0 aliphatic carbocycles. The Kier molecular flexibility index (Phi) is 6.47. The van der Waals surface area contributed by atoms with Crippen molar-refractivity contribution in [3.63, 3.8) is 0 Å². The minimum Gasteiger partial charge on any atom is -0.507 e. The Morgan fingerprint density at radius 1 is 1.25 bits per heavy atom. The first kappa shape index (κ1) is 24.3. The van der Waals surface area contributed by atoms with Crippen molar-refractivity contribution in [2.45, 2.75) is 44.2 Å². The number of rotatable bonds is 7. The molecule has 3 aliphatic rings. The number of halogens is 1. The Morgan fingerprint density at radius 3 is 2.69 bits per heavy atom. The van der Waals surface area contributed by atoms with Gasteiger partial charge < -0.3 is 24.1 Å². The first-order chi connectivity index (χ1) is 17.4. The van der Waals surface area contributed by atoms with Gasteiger partial charge in [-0.05, 0) is 37.1 Å². The van der Waals surface area contributed by atoms with Gasteiger partial charge in [-0.2, -0.15) is 5.10 Å². The van der Waals surface area contributed by atoms with Gasteiger partial charge in [-0.15, -0.1) is 11.6 Å². The van der Waals surface area contributed by atoms with Crippen molar-refractivity contribution in [2.24, 2.45) is 5.10 Å². The Labute approximate surface area is 215 Å². The van der Waals surface area contributed by atoms with Crippen molar-refractivity contribution in [1.29, 1.82) is 0 Å². The Hall–Kier alpha value is -3.39. The number of methoxy groups -OCH3 is 2. The van der Waals surface area contributed by atoms with Crippen LogP contribution in [-0.4, -0.2) is 60.6 Å². The fourth-order valence-corrected chi connectivity index (χ4v) is 5.23. The summed E-state index contributed by atoms with van der Waals surface area (Å²) in [6, 6.07) is 6.91. The molecular weight excluding hydrogens is 484 g/mol. The zero-order chi connectivity index (χ0) is 25.6. The first-order valence-electron chi connectivity index (χ1n) is 11.9. The summed E-state index contributed by atoms with van der Waals surface area (Å²) in [4.78, 5) is 13.1. The van der Waals surface area contributed by atoms with Gasteiger partial charge >= 0.3 is 0 Å². The molecule has 0 aromatic heterocycles. The normalized spacial score (nSPS) is 21.5. The van der Waals surface area contributed by atoms with Gasteiger partial charge in [0.15, 0.2) is 11.5 Å². The van der Waals surface area contributed by atoms with Crippen LogP contribution in [0.1, 0.15) is 42.4 Å². The van der Waals surface area contributed by atoms with Gasteiger partial charge in [0.25, 0.3) is 0 Å². The summed E-state index contributed by atoms with van der Waals surface area (Å²) in [6.45, 7) is 6.15.